The van der Waals surface area contributed by atoms with E-state index in [1.54, 1.807) is 4.90 Å². The Balaban J connectivity index is 1.82. The Morgan fingerprint density at radius 1 is 1.38 bits per heavy atom. The standard InChI is InChI=1S/C13H17NO2/c1-10-3-7-12(8-4-10)16-9-13(15)14(2)11-5-6-11/h3-4,7-8,11H,5-6,9H2,1-2H3. The number of benzene rings is 1. The van der Waals surface area contributed by atoms with Crippen molar-refractivity contribution < 1.29 is 9.53 Å². The van der Waals surface area contributed by atoms with Crippen LogP contribution >= 0.6 is 0 Å². The third kappa shape index (κ3) is 2.75. The molecule has 1 amide bonds. The minimum Gasteiger partial charge on any atom is -0.484 e. The van der Waals surface area contributed by atoms with Gasteiger partial charge < -0.3 is 9.64 Å². The van der Waals surface area contributed by atoms with Gasteiger partial charge in [0.1, 0.15) is 5.75 Å². The van der Waals surface area contributed by atoms with Gasteiger partial charge in [0, 0.05) is 13.1 Å². The summed E-state index contributed by atoms with van der Waals surface area (Å²) in [6.45, 7) is 2.16. The molecule has 3 heteroatoms. The van der Waals surface area contributed by atoms with Crippen LogP contribution in [0, 0.1) is 6.92 Å². The number of rotatable bonds is 4. The highest BCUT2D eigenvalue weighted by atomic mass is 16.5. The maximum Gasteiger partial charge on any atom is 0.260 e. The Bertz CT molecular complexity index is 368. The molecule has 3 nitrogen and oxygen atoms in total. The van der Waals surface area contributed by atoms with Crippen molar-refractivity contribution in [3.63, 3.8) is 0 Å². The zero-order valence-electron chi connectivity index (χ0n) is 9.77. The van der Waals surface area contributed by atoms with E-state index in [0.717, 1.165) is 18.6 Å². The van der Waals surface area contributed by atoms with E-state index in [4.69, 9.17) is 4.74 Å². The quantitative estimate of drug-likeness (QED) is 0.775. The molecule has 1 aromatic carbocycles. The lowest BCUT2D eigenvalue weighted by atomic mass is 10.2. The molecule has 0 aliphatic heterocycles. The summed E-state index contributed by atoms with van der Waals surface area (Å²) < 4.78 is 5.43. The molecule has 2 rings (SSSR count). The first kappa shape index (κ1) is 11.0. The third-order valence-corrected chi connectivity index (χ3v) is 2.87. The molecule has 0 atom stereocenters. The fraction of sp³-hybridized carbons (Fsp3) is 0.462. The first-order valence-electron chi connectivity index (χ1n) is 5.62. The monoisotopic (exact) mass is 219 g/mol. The molecule has 0 aromatic heterocycles. The van der Waals surface area contributed by atoms with Gasteiger partial charge in [-0.3, -0.25) is 4.79 Å². The molecular formula is C13H17NO2. The lowest BCUT2D eigenvalue weighted by molar-refractivity contribution is -0.132. The highest BCUT2D eigenvalue weighted by molar-refractivity contribution is 5.78. The highest BCUT2D eigenvalue weighted by Gasteiger charge is 2.29. The van der Waals surface area contributed by atoms with Crippen molar-refractivity contribution in [1.82, 2.24) is 4.90 Å². The summed E-state index contributed by atoms with van der Waals surface area (Å²) in [4.78, 5) is 13.5. The largest absolute Gasteiger partial charge is 0.484 e. The number of amides is 1. The fourth-order valence-corrected chi connectivity index (χ4v) is 1.55. The van der Waals surface area contributed by atoms with Crippen molar-refractivity contribution in [1.29, 1.82) is 0 Å². The number of ether oxygens (including phenoxy) is 1. The number of nitrogens with zero attached hydrogens (tertiary/aromatic N) is 1. The van der Waals surface area contributed by atoms with Crippen LogP contribution in [-0.2, 0) is 4.79 Å². The SMILES string of the molecule is Cc1ccc(OCC(=O)N(C)C2CC2)cc1. The van der Waals surface area contributed by atoms with Gasteiger partial charge in [0.25, 0.3) is 5.91 Å². The maximum atomic E-state index is 11.7. The molecule has 0 saturated heterocycles. The van der Waals surface area contributed by atoms with Gasteiger partial charge in [-0.2, -0.15) is 0 Å². The second kappa shape index (κ2) is 4.56. The van der Waals surface area contributed by atoms with Gasteiger partial charge in [-0.25, -0.2) is 0 Å². The molecule has 0 radical (unpaired) electrons. The van der Waals surface area contributed by atoms with Crippen molar-refractivity contribution in [2.24, 2.45) is 0 Å². The molecular weight excluding hydrogens is 202 g/mol. The van der Waals surface area contributed by atoms with Crippen LogP contribution in [0.4, 0.5) is 0 Å². The van der Waals surface area contributed by atoms with E-state index in [1.807, 2.05) is 38.2 Å². The van der Waals surface area contributed by atoms with Crippen LogP contribution < -0.4 is 4.74 Å². The van der Waals surface area contributed by atoms with Gasteiger partial charge in [0.05, 0.1) is 0 Å². The Hall–Kier alpha value is -1.51. The van der Waals surface area contributed by atoms with Crippen molar-refractivity contribution in [3.05, 3.63) is 29.8 Å². The number of carbonyl (C=O) groups excluding carboxylic acids is 1. The fourth-order valence-electron chi connectivity index (χ4n) is 1.55. The Labute approximate surface area is 96.0 Å². The van der Waals surface area contributed by atoms with E-state index in [2.05, 4.69) is 0 Å². The number of likely N-dealkylation sites (N-methyl/N-ethyl adjacent to an activating group) is 1. The summed E-state index contributed by atoms with van der Waals surface area (Å²) in [7, 11) is 1.85. The molecule has 1 saturated carbocycles. The second-order valence-corrected chi connectivity index (χ2v) is 4.34. The summed E-state index contributed by atoms with van der Waals surface area (Å²) in [5.74, 6) is 0.811. The molecule has 16 heavy (non-hydrogen) atoms. The Morgan fingerprint density at radius 2 is 2.00 bits per heavy atom. The summed E-state index contributed by atoms with van der Waals surface area (Å²) in [5.41, 5.74) is 1.19. The summed E-state index contributed by atoms with van der Waals surface area (Å²) in [5, 5.41) is 0. The maximum absolute atomic E-state index is 11.7. The van der Waals surface area contributed by atoms with Gasteiger partial charge in [0.15, 0.2) is 6.61 Å². The molecule has 0 heterocycles. The zero-order chi connectivity index (χ0) is 11.5. The molecule has 1 aromatic rings. The van der Waals surface area contributed by atoms with Crippen LogP contribution in [-0.4, -0.2) is 30.5 Å². The van der Waals surface area contributed by atoms with Crippen molar-refractivity contribution in [2.45, 2.75) is 25.8 Å². The number of hydrogen-bond acceptors (Lipinski definition) is 2. The predicted molar refractivity (Wildman–Crippen MR) is 62.5 cm³/mol. The van der Waals surface area contributed by atoms with Crippen LogP contribution in [0.2, 0.25) is 0 Å². The Morgan fingerprint density at radius 3 is 2.56 bits per heavy atom. The van der Waals surface area contributed by atoms with E-state index < -0.39 is 0 Å². The minimum atomic E-state index is 0.0584. The van der Waals surface area contributed by atoms with Crippen molar-refractivity contribution >= 4 is 5.91 Å². The average Bonchev–Trinajstić information content (AvgIpc) is 3.11. The number of hydrogen-bond donors (Lipinski definition) is 0. The molecule has 0 spiro atoms. The first-order chi connectivity index (χ1) is 7.66. The van der Waals surface area contributed by atoms with E-state index in [1.165, 1.54) is 5.56 Å². The molecule has 0 unspecified atom stereocenters. The van der Waals surface area contributed by atoms with E-state index in [0.29, 0.717) is 6.04 Å². The van der Waals surface area contributed by atoms with Crippen molar-refractivity contribution in [3.8, 4) is 5.75 Å². The third-order valence-electron chi connectivity index (χ3n) is 2.87. The van der Waals surface area contributed by atoms with Gasteiger partial charge in [0.2, 0.25) is 0 Å². The zero-order valence-corrected chi connectivity index (χ0v) is 9.77. The van der Waals surface area contributed by atoms with Crippen LogP contribution in [0.25, 0.3) is 0 Å². The lowest BCUT2D eigenvalue weighted by Gasteiger charge is -2.16. The molecule has 86 valence electrons. The topological polar surface area (TPSA) is 29.5 Å². The lowest BCUT2D eigenvalue weighted by Crippen LogP contribution is -2.33. The second-order valence-electron chi connectivity index (χ2n) is 4.34. The van der Waals surface area contributed by atoms with Gasteiger partial charge in [-0.05, 0) is 31.9 Å². The smallest absolute Gasteiger partial charge is 0.260 e. The summed E-state index contributed by atoms with van der Waals surface area (Å²) >= 11 is 0. The highest BCUT2D eigenvalue weighted by Crippen LogP contribution is 2.25. The molecule has 1 aliphatic carbocycles. The number of aryl methyl sites for hydroxylation is 1. The van der Waals surface area contributed by atoms with E-state index >= 15 is 0 Å². The van der Waals surface area contributed by atoms with E-state index in [-0.39, 0.29) is 12.5 Å². The van der Waals surface area contributed by atoms with Gasteiger partial charge >= 0.3 is 0 Å². The summed E-state index contributed by atoms with van der Waals surface area (Å²) in [6, 6.07) is 8.18. The first-order valence-corrected chi connectivity index (χ1v) is 5.62. The van der Waals surface area contributed by atoms with Crippen LogP contribution in [0.1, 0.15) is 18.4 Å². The molecule has 1 aliphatic rings. The predicted octanol–water partition coefficient (Wildman–Crippen LogP) is 1.99. The molecule has 1 fully saturated rings. The average molecular weight is 219 g/mol. The Kier molecular flexibility index (Phi) is 3.13. The van der Waals surface area contributed by atoms with E-state index in [9.17, 15) is 4.79 Å². The van der Waals surface area contributed by atoms with Gasteiger partial charge in [-0.15, -0.1) is 0 Å². The van der Waals surface area contributed by atoms with Gasteiger partial charge in [-0.1, -0.05) is 17.7 Å². The minimum absolute atomic E-state index is 0.0584. The summed E-state index contributed by atoms with van der Waals surface area (Å²) in [6.07, 6.45) is 2.26. The number of carbonyl (C=O) groups is 1. The molecule has 0 N–H and O–H groups in total. The molecule has 0 bridgehead atoms. The van der Waals surface area contributed by atoms with Crippen molar-refractivity contribution in [2.75, 3.05) is 13.7 Å². The normalized spacial score (nSPS) is 14.6. The van der Waals surface area contributed by atoms with Crippen LogP contribution in [0.15, 0.2) is 24.3 Å². The van der Waals surface area contributed by atoms with Crippen LogP contribution in [0.5, 0.6) is 5.75 Å². The van der Waals surface area contributed by atoms with Crippen LogP contribution in [0.3, 0.4) is 0 Å².